The number of aromatic nitrogens is 3. The zero-order chi connectivity index (χ0) is 14.8. The Balaban J connectivity index is 1.99. The molecule has 0 bridgehead atoms. The summed E-state index contributed by atoms with van der Waals surface area (Å²) in [6.07, 6.45) is 6.08. The molecule has 0 saturated carbocycles. The van der Waals surface area contributed by atoms with Crippen molar-refractivity contribution in [2.24, 2.45) is 0 Å². The van der Waals surface area contributed by atoms with E-state index in [9.17, 15) is 14.7 Å². The maximum atomic E-state index is 12.7. The molecule has 1 atom stereocenters. The van der Waals surface area contributed by atoms with E-state index >= 15 is 0 Å². The smallest absolute Gasteiger partial charge is 0.326 e. The molecule has 7 nitrogen and oxygen atoms in total. The van der Waals surface area contributed by atoms with Crippen molar-refractivity contribution in [3.05, 3.63) is 24.3 Å². The summed E-state index contributed by atoms with van der Waals surface area (Å²) in [6, 6.07) is 0.958. The zero-order valence-electron chi connectivity index (χ0n) is 11.5. The lowest BCUT2D eigenvalue weighted by atomic mass is 10.1. The molecule has 0 spiro atoms. The molecule has 110 valence electrons. The molecule has 1 unspecified atom stereocenters. The average Bonchev–Trinajstić information content (AvgIpc) is 2.81. The second-order valence-electron chi connectivity index (χ2n) is 5.16. The van der Waals surface area contributed by atoms with Crippen LogP contribution in [0.2, 0.25) is 0 Å². The number of fused-ring (bicyclic) bond motifs is 1. The lowest BCUT2D eigenvalue weighted by Gasteiger charge is -2.26. The van der Waals surface area contributed by atoms with Crippen molar-refractivity contribution in [1.82, 2.24) is 19.9 Å². The molecule has 1 aliphatic rings. The number of carboxylic acids is 1. The molecule has 2 aromatic rings. The van der Waals surface area contributed by atoms with Crippen molar-refractivity contribution >= 4 is 22.9 Å². The molecule has 21 heavy (non-hydrogen) atoms. The van der Waals surface area contributed by atoms with Crippen LogP contribution in [-0.4, -0.2) is 49.4 Å². The van der Waals surface area contributed by atoms with Crippen LogP contribution in [0.3, 0.4) is 0 Å². The highest BCUT2D eigenvalue weighted by atomic mass is 16.4. The van der Waals surface area contributed by atoms with Gasteiger partial charge in [-0.15, -0.1) is 0 Å². The van der Waals surface area contributed by atoms with Gasteiger partial charge in [0.05, 0.1) is 5.39 Å². The molecule has 0 aliphatic carbocycles. The van der Waals surface area contributed by atoms with Gasteiger partial charge in [0, 0.05) is 12.7 Å². The first-order valence-corrected chi connectivity index (χ1v) is 7.00. The van der Waals surface area contributed by atoms with Crippen LogP contribution in [0.25, 0.3) is 11.0 Å². The van der Waals surface area contributed by atoms with Crippen molar-refractivity contribution in [3.63, 3.8) is 0 Å². The summed E-state index contributed by atoms with van der Waals surface area (Å²) in [6.45, 7) is 0.450. The topological polar surface area (TPSA) is 99.2 Å². The fourth-order valence-electron chi connectivity index (χ4n) is 2.79. The van der Waals surface area contributed by atoms with Gasteiger partial charge in [-0.2, -0.15) is 0 Å². The van der Waals surface area contributed by atoms with E-state index in [0.29, 0.717) is 24.0 Å². The Kier molecular flexibility index (Phi) is 3.55. The molecule has 0 radical (unpaired) electrons. The fourth-order valence-corrected chi connectivity index (χ4v) is 2.79. The first-order valence-electron chi connectivity index (χ1n) is 7.00. The molecular formula is C14H16N4O3. The number of hydrogen-bond donors (Lipinski definition) is 2. The number of aliphatic carboxylic acids is 1. The third-order valence-electron chi connectivity index (χ3n) is 3.86. The number of rotatable bonds is 2. The highest BCUT2D eigenvalue weighted by Gasteiger charge is 2.32. The van der Waals surface area contributed by atoms with E-state index in [2.05, 4.69) is 15.0 Å². The van der Waals surface area contributed by atoms with Crippen molar-refractivity contribution in [3.8, 4) is 0 Å². The predicted molar refractivity (Wildman–Crippen MR) is 74.8 cm³/mol. The summed E-state index contributed by atoms with van der Waals surface area (Å²) >= 11 is 0. The van der Waals surface area contributed by atoms with Gasteiger partial charge >= 0.3 is 5.97 Å². The second kappa shape index (κ2) is 5.51. The molecule has 1 aliphatic heterocycles. The van der Waals surface area contributed by atoms with Crippen LogP contribution < -0.4 is 0 Å². The Morgan fingerprint density at radius 2 is 2.14 bits per heavy atom. The minimum absolute atomic E-state index is 0.259. The quantitative estimate of drug-likeness (QED) is 0.870. The molecule has 0 aromatic carbocycles. The average molecular weight is 288 g/mol. The Bertz CT molecular complexity index is 682. The lowest BCUT2D eigenvalue weighted by molar-refractivity contribution is -0.142. The van der Waals surface area contributed by atoms with E-state index in [1.807, 2.05) is 0 Å². The standard InChI is InChI=1S/C14H16N4O3/c19-13(11-9-5-6-15-12(9)17-8-16-11)18-7-3-1-2-4-10(18)14(20)21/h5-6,8,10H,1-4,7H2,(H,20,21)(H,15,16,17). The molecule has 3 heterocycles. The second-order valence-corrected chi connectivity index (χ2v) is 5.16. The minimum atomic E-state index is -0.954. The number of likely N-dealkylation sites (tertiary alicyclic amines) is 1. The van der Waals surface area contributed by atoms with Gasteiger partial charge in [-0.05, 0) is 18.9 Å². The van der Waals surface area contributed by atoms with E-state index in [1.165, 1.54) is 11.2 Å². The molecule has 3 rings (SSSR count). The predicted octanol–water partition coefficient (Wildman–Crippen LogP) is 1.43. The highest BCUT2D eigenvalue weighted by molar-refractivity contribution is 6.04. The molecular weight excluding hydrogens is 272 g/mol. The van der Waals surface area contributed by atoms with Gasteiger partial charge in [-0.25, -0.2) is 14.8 Å². The number of nitrogens with zero attached hydrogens (tertiary/aromatic N) is 3. The van der Waals surface area contributed by atoms with Crippen LogP contribution in [0.4, 0.5) is 0 Å². The maximum Gasteiger partial charge on any atom is 0.326 e. The number of nitrogens with one attached hydrogen (secondary N) is 1. The highest BCUT2D eigenvalue weighted by Crippen LogP contribution is 2.21. The number of hydrogen-bond acceptors (Lipinski definition) is 4. The Morgan fingerprint density at radius 1 is 1.29 bits per heavy atom. The Labute approximate surface area is 121 Å². The molecule has 7 heteroatoms. The maximum absolute atomic E-state index is 12.7. The van der Waals surface area contributed by atoms with Crippen LogP contribution in [-0.2, 0) is 4.79 Å². The van der Waals surface area contributed by atoms with Gasteiger partial charge in [-0.3, -0.25) is 4.79 Å². The van der Waals surface area contributed by atoms with E-state index < -0.39 is 12.0 Å². The lowest BCUT2D eigenvalue weighted by Crippen LogP contribution is -2.45. The van der Waals surface area contributed by atoms with Crippen molar-refractivity contribution in [2.75, 3.05) is 6.54 Å². The van der Waals surface area contributed by atoms with Crippen LogP contribution in [0.5, 0.6) is 0 Å². The van der Waals surface area contributed by atoms with E-state index in [1.54, 1.807) is 12.3 Å². The van der Waals surface area contributed by atoms with Crippen LogP contribution in [0, 0.1) is 0 Å². The Hall–Kier alpha value is -2.44. The van der Waals surface area contributed by atoms with Crippen molar-refractivity contribution < 1.29 is 14.7 Å². The third kappa shape index (κ3) is 2.46. The first-order chi connectivity index (χ1) is 10.2. The number of aromatic amines is 1. The fraction of sp³-hybridized carbons (Fsp3) is 0.429. The number of carbonyl (C=O) groups is 2. The Morgan fingerprint density at radius 3 is 2.95 bits per heavy atom. The summed E-state index contributed by atoms with van der Waals surface area (Å²) < 4.78 is 0. The molecule has 2 N–H and O–H groups in total. The van der Waals surface area contributed by atoms with Gasteiger partial charge in [0.15, 0.2) is 0 Å². The normalized spacial score (nSPS) is 19.4. The van der Waals surface area contributed by atoms with E-state index in [-0.39, 0.29) is 11.6 Å². The van der Waals surface area contributed by atoms with E-state index in [4.69, 9.17) is 0 Å². The van der Waals surface area contributed by atoms with Gasteiger partial charge in [0.1, 0.15) is 23.7 Å². The number of carbonyl (C=O) groups excluding carboxylic acids is 1. The third-order valence-corrected chi connectivity index (χ3v) is 3.86. The number of amides is 1. The number of H-pyrrole nitrogens is 1. The van der Waals surface area contributed by atoms with E-state index in [0.717, 1.165) is 19.3 Å². The summed E-state index contributed by atoms with van der Waals surface area (Å²) in [5.74, 6) is -1.29. The summed E-state index contributed by atoms with van der Waals surface area (Å²) in [5, 5.41) is 9.99. The summed E-state index contributed by atoms with van der Waals surface area (Å²) in [4.78, 5) is 36.6. The van der Waals surface area contributed by atoms with Gasteiger partial charge < -0.3 is 15.0 Å². The largest absolute Gasteiger partial charge is 0.480 e. The minimum Gasteiger partial charge on any atom is -0.480 e. The SMILES string of the molecule is O=C(O)C1CCCCCN1C(=O)c1ncnc2[nH]ccc12. The molecule has 1 saturated heterocycles. The number of carboxylic acid groups (broad SMARTS) is 1. The first kappa shape index (κ1) is 13.5. The molecule has 1 fully saturated rings. The van der Waals surface area contributed by atoms with Gasteiger partial charge in [0.25, 0.3) is 5.91 Å². The van der Waals surface area contributed by atoms with Crippen molar-refractivity contribution in [1.29, 1.82) is 0 Å². The van der Waals surface area contributed by atoms with Crippen LogP contribution >= 0.6 is 0 Å². The monoisotopic (exact) mass is 288 g/mol. The van der Waals surface area contributed by atoms with Crippen LogP contribution in [0.15, 0.2) is 18.6 Å². The summed E-state index contributed by atoms with van der Waals surface area (Å²) in [5.41, 5.74) is 0.837. The van der Waals surface area contributed by atoms with Gasteiger partial charge in [-0.1, -0.05) is 12.8 Å². The molecule has 1 amide bonds. The van der Waals surface area contributed by atoms with Gasteiger partial charge in [0.2, 0.25) is 0 Å². The van der Waals surface area contributed by atoms with Crippen LogP contribution in [0.1, 0.15) is 36.2 Å². The zero-order valence-corrected chi connectivity index (χ0v) is 11.5. The molecule has 2 aromatic heterocycles. The van der Waals surface area contributed by atoms with Crippen molar-refractivity contribution in [2.45, 2.75) is 31.7 Å². The summed E-state index contributed by atoms with van der Waals surface area (Å²) in [7, 11) is 0.